The molecule has 23 heavy (non-hydrogen) atoms. The Morgan fingerprint density at radius 3 is 2.57 bits per heavy atom. The van der Waals surface area contributed by atoms with Crippen LogP contribution in [0, 0.1) is 0 Å². The van der Waals surface area contributed by atoms with Crippen molar-refractivity contribution in [2.75, 3.05) is 11.7 Å². The molecule has 1 saturated heterocycles. The number of hydrogen-bond donors (Lipinski definition) is 0. The molecule has 1 amide bonds. The van der Waals surface area contributed by atoms with Gasteiger partial charge in [0, 0.05) is 13.0 Å². The molecule has 2 aromatic carbocycles. The number of rotatable bonds is 3. The molecule has 0 aromatic heterocycles. The molecular weight excluding hydrogens is 290 g/mol. The Morgan fingerprint density at radius 1 is 1.00 bits per heavy atom. The number of nitrogens with zero attached hydrogens (tertiary/aromatic N) is 1. The largest absolute Gasteiger partial charge is 0.350 e. The van der Waals surface area contributed by atoms with Gasteiger partial charge in [0.1, 0.15) is 0 Å². The minimum atomic E-state index is -0.338. The van der Waals surface area contributed by atoms with Gasteiger partial charge in [0.15, 0.2) is 6.29 Å². The minimum absolute atomic E-state index is 0.0495. The summed E-state index contributed by atoms with van der Waals surface area (Å²) in [5.74, 6) is -0.359. The summed E-state index contributed by atoms with van der Waals surface area (Å²) >= 11 is 0. The van der Waals surface area contributed by atoms with Crippen molar-refractivity contribution in [3.05, 3.63) is 65.7 Å². The maximum absolute atomic E-state index is 13.0. The van der Waals surface area contributed by atoms with E-state index in [1.807, 2.05) is 54.6 Å². The van der Waals surface area contributed by atoms with Gasteiger partial charge in [0.2, 0.25) is 0 Å². The van der Waals surface area contributed by atoms with Gasteiger partial charge in [-0.05, 0) is 30.0 Å². The highest BCUT2D eigenvalue weighted by Gasteiger charge is 2.40. The monoisotopic (exact) mass is 309 g/mol. The molecule has 1 fully saturated rings. The fourth-order valence-corrected chi connectivity index (χ4v) is 3.27. The van der Waals surface area contributed by atoms with Gasteiger partial charge in [0.05, 0.1) is 11.6 Å². The van der Waals surface area contributed by atoms with Crippen LogP contribution in [0.1, 0.15) is 36.3 Å². The summed E-state index contributed by atoms with van der Waals surface area (Å²) in [5, 5.41) is 1.43. The van der Waals surface area contributed by atoms with E-state index < -0.39 is 0 Å². The van der Waals surface area contributed by atoms with E-state index >= 15 is 0 Å². The van der Waals surface area contributed by atoms with Gasteiger partial charge in [0.25, 0.3) is 5.91 Å². The number of benzene rings is 2. The number of para-hydroxylation sites is 1. The summed E-state index contributed by atoms with van der Waals surface area (Å²) in [6, 6.07) is 17.7. The van der Waals surface area contributed by atoms with Crippen LogP contribution in [0.25, 0.3) is 0 Å². The van der Waals surface area contributed by atoms with Crippen LogP contribution in [0.15, 0.2) is 54.6 Å². The molecule has 118 valence electrons. The third kappa shape index (κ3) is 2.64. The first-order valence-electron chi connectivity index (χ1n) is 8.11. The molecule has 2 atom stereocenters. The highest BCUT2D eigenvalue weighted by Crippen LogP contribution is 2.41. The van der Waals surface area contributed by atoms with Crippen molar-refractivity contribution in [2.24, 2.45) is 0 Å². The lowest BCUT2D eigenvalue weighted by Gasteiger charge is -2.27. The van der Waals surface area contributed by atoms with Crippen molar-refractivity contribution in [1.82, 2.24) is 0 Å². The van der Waals surface area contributed by atoms with E-state index in [1.165, 1.54) is 5.06 Å². The van der Waals surface area contributed by atoms with Gasteiger partial charge in [-0.25, -0.2) is 4.84 Å². The third-order valence-corrected chi connectivity index (χ3v) is 4.41. The average molecular weight is 309 g/mol. The summed E-state index contributed by atoms with van der Waals surface area (Å²) in [6.45, 7) is 0.691. The molecule has 0 radical (unpaired) electrons. The van der Waals surface area contributed by atoms with Crippen molar-refractivity contribution in [3.63, 3.8) is 0 Å². The average Bonchev–Trinajstić information content (AvgIpc) is 2.89. The molecule has 0 aliphatic carbocycles. The topological polar surface area (TPSA) is 38.8 Å². The fourth-order valence-electron chi connectivity index (χ4n) is 3.27. The van der Waals surface area contributed by atoms with Crippen LogP contribution < -0.4 is 5.06 Å². The zero-order valence-corrected chi connectivity index (χ0v) is 12.9. The van der Waals surface area contributed by atoms with Crippen LogP contribution in [0.3, 0.4) is 0 Å². The molecule has 2 aliphatic rings. The Morgan fingerprint density at radius 2 is 1.78 bits per heavy atom. The van der Waals surface area contributed by atoms with Crippen molar-refractivity contribution in [2.45, 2.75) is 31.5 Å². The first kappa shape index (κ1) is 14.4. The van der Waals surface area contributed by atoms with Crippen LogP contribution >= 0.6 is 0 Å². The number of carbonyl (C=O) groups is 1. The maximum Gasteiger partial charge on any atom is 0.263 e. The molecule has 2 aliphatic heterocycles. The van der Waals surface area contributed by atoms with Crippen LogP contribution in [0.5, 0.6) is 0 Å². The predicted molar refractivity (Wildman–Crippen MR) is 86.9 cm³/mol. The third-order valence-electron chi connectivity index (χ3n) is 4.41. The van der Waals surface area contributed by atoms with Crippen molar-refractivity contribution < 1.29 is 14.4 Å². The first-order valence-corrected chi connectivity index (χ1v) is 8.11. The van der Waals surface area contributed by atoms with Gasteiger partial charge in [-0.2, -0.15) is 5.06 Å². The zero-order chi connectivity index (χ0) is 15.6. The molecule has 4 rings (SSSR count). The van der Waals surface area contributed by atoms with Gasteiger partial charge in [-0.1, -0.05) is 48.5 Å². The molecule has 2 heterocycles. The molecule has 0 N–H and O–H groups in total. The molecule has 4 heteroatoms. The summed E-state index contributed by atoms with van der Waals surface area (Å²) in [5.41, 5.74) is 2.79. The Bertz CT molecular complexity index is 695. The number of ether oxygens (including phenoxy) is 1. The van der Waals surface area contributed by atoms with Gasteiger partial charge in [-0.3, -0.25) is 4.79 Å². The second kappa shape index (κ2) is 6.14. The normalized spacial score (nSPS) is 23.8. The van der Waals surface area contributed by atoms with E-state index in [2.05, 4.69) is 0 Å². The SMILES string of the molecule is O=C1C(c2ccccc2)c2ccccc2N1OC1CCCCO1. The summed E-state index contributed by atoms with van der Waals surface area (Å²) in [4.78, 5) is 18.9. The minimum Gasteiger partial charge on any atom is -0.350 e. The second-order valence-electron chi connectivity index (χ2n) is 5.94. The lowest BCUT2D eigenvalue weighted by molar-refractivity contribution is -0.176. The molecule has 0 saturated carbocycles. The summed E-state index contributed by atoms with van der Waals surface area (Å²) in [7, 11) is 0. The number of carbonyl (C=O) groups excluding carboxylic acids is 1. The lowest BCUT2D eigenvalue weighted by Crippen LogP contribution is -2.36. The van der Waals surface area contributed by atoms with Gasteiger partial charge < -0.3 is 4.74 Å². The zero-order valence-electron chi connectivity index (χ0n) is 12.9. The molecule has 0 spiro atoms. The van der Waals surface area contributed by atoms with Crippen molar-refractivity contribution in [3.8, 4) is 0 Å². The van der Waals surface area contributed by atoms with E-state index in [-0.39, 0.29) is 18.1 Å². The van der Waals surface area contributed by atoms with Crippen LogP contribution in [-0.2, 0) is 14.4 Å². The first-order chi connectivity index (χ1) is 11.3. The Hall–Kier alpha value is -2.17. The highest BCUT2D eigenvalue weighted by molar-refractivity contribution is 6.05. The van der Waals surface area contributed by atoms with Crippen LogP contribution in [0.2, 0.25) is 0 Å². The van der Waals surface area contributed by atoms with Gasteiger partial charge in [-0.15, -0.1) is 0 Å². The smallest absolute Gasteiger partial charge is 0.263 e. The number of fused-ring (bicyclic) bond motifs is 1. The number of amides is 1. The summed E-state index contributed by atoms with van der Waals surface area (Å²) < 4.78 is 5.63. The molecule has 4 nitrogen and oxygen atoms in total. The predicted octanol–water partition coefficient (Wildman–Crippen LogP) is 3.62. The maximum atomic E-state index is 13.0. The van der Waals surface area contributed by atoms with Crippen LogP contribution in [0.4, 0.5) is 5.69 Å². The van der Waals surface area contributed by atoms with Crippen molar-refractivity contribution >= 4 is 11.6 Å². The standard InChI is InChI=1S/C19H19NO3/c21-19-18(14-8-2-1-3-9-14)15-10-4-5-11-16(15)20(19)23-17-12-6-7-13-22-17/h1-5,8-11,17-18H,6-7,12-13H2. The van der Waals surface area contributed by atoms with Crippen LogP contribution in [-0.4, -0.2) is 18.8 Å². The van der Waals surface area contributed by atoms with Crippen molar-refractivity contribution in [1.29, 1.82) is 0 Å². The Balaban J connectivity index is 1.67. The molecule has 2 aromatic rings. The number of anilines is 1. The summed E-state index contributed by atoms with van der Waals surface area (Å²) in [6.07, 6.45) is 2.60. The van der Waals surface area contributed by atoms with E-state index in [0.717, 1.165) is 36.1 Å². The quantitative estimate of drug-likeness (QED) is 0.869. The van der Waals surface area contributed by atoms with E-state index in [9.17, 15) is 4.79 Å². The number of hydroxylamine groups is 1. The highest BCUT2D eigenvalue weighted by atomic mass is 16.8. The van der Waals surface area contributed by atoms with E-state index in [1.54, 1.807) is 0 Å². The Kier molecular flexibility index (Phi) is 3.85. The van der Waals surface area contributed by atoms with E-state index in [0.29, 0.717) is 6.61 Å². The van der Waals surface area contributed by atoms with E-state index in [4.69, 9.17) is 9.57 Å². The second-order valence-corrected chi connectivity index (χ2v) is 5.94. The van der Waals surface area contributed by atoms with Gasteiger partial charge >= 0.3 is 0 Å². The lowest BCUT2D eigenvalue weighted by atomic mass is 9.93. The fraction of sp³-hybridized carbons (Fsp3) is 0.316. The number of hydrogen-bond acceptors (Lipinski definition) is 3. The Labute approximate surface area is 135 Å². The molecular formula is C19H19NO3. The molecule has 2 unspecified atom stereocenters. The molecule has 0 bridgehead atoms.